The van der Waals surface area contributed by atoms with Gasteiger partial charge in [-0.15, -0.1) is 0 Å². The van der Waals surface area contributed by atoms with Crippen LogP contribution in [0, 0.1) is 6.92 Å². The predicted octanol–water partition coefficient (Wildman–Crippen LogP) is 2.00. The lowest BCUT2D eigenvalue weighted by Gasteiger charge is -2.17. The number of carboxylic acids is 1. The van der Waals surface area contributed by atoms with Gasteiger partial charge in [-0.1, -0.05) is 6.92 Å². The lowest BCUT2D eigenvalue weighted by molar-refractivity contribution is 0.0695. The average Bonchev–Trinajstić information content (AvgIpc) is 2.29. The van der Waals surface area contributed by atoms with Gasteiger partial charge in [0, 0.05) is 11.7 Å². The molecular formula is C13H18N2O3. The van der Waals surface area contributed by atoms with E-state index in [9.17, 15) is 9.59 Å². The molecule has 98 valence electrons. The third-order valence-electron chi connectivity index (χ3n) is 2.87. The quantitative estimate of drug-likeness (QED) is 0.745. The summed E-state index contributed by atoms with van der Waals surface area (Å²) >= 11 is 0. The molecule has 0 fully saturated rings. The van der Waals surface area contributed by atoms with Crippen LogP contribution in [0.15, 0.2) is 12.1 Å². The fourth-order valence-electron chi connectivity index (χ4n) is 1.63. The molecule has 1 aromatic carbocycles. The number of hydrogen-bond acceptors (Lipinski definition) is 3. The maximum absolute atomic E-state index is 11.4. The molecule has 0 spiro atoms. The van der Waals surface area contributed by atoms with Crippen molar-refractivity contribution in [1.82, 2.24) is 0 Å². The molecule has 0 saturated carbocycles. The lowest BCUT2D eigenvalue weighted by atomic mass is 10.0. The van der Waals surface area contributed by atoms with E-state index in [1.165, 1.54) is 12.1 Å². The van der Waals surface area contributed by atoms with Crippen LogP contribution in [-0.4, -0.2) is 23.0 Å². The molecule has 0 bridgehead atoms. The number of benzene rings is 1. The van der Waals surface area contributed by atoms with Crippen LogP contribution >= 0.6 is 0 Å². The van der Waals surface area contributed by atoms with Crippen molar-refractivity contribution in [3.8, 4) is 0 Å². The summed E-state index contributed by atoms with van der Waals surface area (Å²) in [6.07, 6.45) is 0.856. The molecule has 0 radical (unpaired) electrons. The first-order valence-corrected chi connectivity index (χ1v) is 5.81. The maximum atomic E-state index is 11.4. The first kappa shape index (κ1) is 14.0. The smallest absolute Gasteiger partial charge is 0.336 e. The normalized spacial score (nSPS) is 11.9. The summed E-state index contributed by atoms with van der Waals surface area (Å²) in [7, 11) is 0. The highest BCUT2D eigenvalue weighted by Gasteiger charge is 2.16. The highest BCUT2D eigenvalue weighted by atomic mass is 16.4. The second-order valence-corrected chi connectivity index (χ2v) is 4.34. The summed E-state index contributed by atoms with van der Waals surface area (Å²) in [6, 6.07) is 3.10. The van der Waals surface area contributed by atoms with E-state index in [-0.39, 0.29) is 11.6 Å². The van der Waals surface area contributed by atoms with Gasteiger partial charge in [-0.05, 0) is 38.0 Å². The van der Waals surface area contributed by atoms with Crippen LogP contribution in [0.2, 0.25) is 0 Å². The Bertz CT molecular complexity index is 483. The summed E-state index contributed by atoms with van der Waals surface area (Å²) in [5.74, 6) is -1.59. The number of anilines is 1. The van der Waals surface area contributed by atoms with Crippen LogP contribution in [0.3, 0.4) is 0 Å². The Morgan fingerprint density at radius 1 is 1.39 bits per heavy atom. The molecule has 4 N–H and O–H groups in total. The SMILES string of the molecule is CC[C@@H](C)Nc1cc(C(=O)O)c(C)cc1C(N)=O. The molecule has 18 heavy (non-hydrogen) atoms. The van der Waals surface area contributed by atoms with E-state index in [0.29, 0.717) is 16.8 Å². The summed E-state index contributed by atoms with van der Waals surface area (Å²) in [5.41, 5.74) is 6.78. The summed E-state index contributed by atoms with van der Waals surface area (Å²) < 4.78 is 0. The molecule has 0 heterocycles. The van der Waals surface area contributed by atoms with E-state index >= 15 is 0 Å². The largest absolute Gasteiger partial charge is 0.478 e. The molecule has 0 saturated heterocycles. The van der Waals surface area contributed by atoms with Gasteiger partial charge in [-0.3, -0.25) is 4.79 Å². The van der Waals surface area contributed by atoms with Crippen LogP contribution in [0.4, 0.5) is 5.69 Å². The lowest BCUT2D eigenvalue weighted by Crippen LogP contribution is -2.20. The molecule has 1 rings (SSSR count). The first-order valence-electron chi connectivity index (χ1n) is 5.81. The number of nitrogens with one attached hydrogen (secondary N) is 1. The van der Waals surface area contributed by atoms with Crippen LogP contribution in [0.1, 0.15) is 46.5 Å². The molecule has 1 atom stereocenters. The van der Waals surface area contributed by atoms with Crippen LogP contribution in [0.25, 0.3) is 0 Å². The van der Waals surface area contributed by atoms with Gasteiger partial charge in [-0.25, -0.2) is 4.79 Å². The van der Waals surface area contributed by atoms with Crippen LogP contribution < -0.4 is 11.1 Å². The fraction of sp³-hybridized carbons (Fsp3) is 0.385. The number of carbonyl (C=O) groups excluding carboxylic acids is 1. The topological polar surface area (TPSA) is 92.4 Å². The number of amides is 1. The number of nitrogens with two attached hydrogens (primary N) is 1. The second kappa shape index (κ2) is 5.53. The van der Waals surface area contributed by atoms with E-state index in [0.717, 1.165) is 6.42 Å². The Labute approximate surface area is 106 Å². The van der Waals surface area contributed by atoms with Gasteiger partial charge < -0.3 is 16.2 Å². The monoisotopic (exact) mass is 250 g/mol. The fourth-order valence-corrected chi connectivity index (χ4v) is 1.63. The van der Waals surface area contributed by atoms with Crippen molar-refractivity contribution >= 4 is 17.6 Å². The average molecular weight is 250 g/mol. The van der Waals surface area contributed by atoms with E-state index in [1.54, 1.807) is 6.92 Å². The molecule has 1 aromatic rings. The minimum absolute atomic E-state index is 0.132. The Kier molecular flexibility index (Phi) is 4.31. The molecule has 5 nitrogen and oxygen atoms in total. The van der Waals surface area contributed by atoms with Crippen molar-refractivity contribution < 1.29 is 14.7 Å². The van der Waals surface area contributed by atoms with Gasteiger partial charge in [0.05, 0.1) is 11.1 Å². The standard InChI is InChI=1S/C13H18N2O3/c1-4-8(3)15-11-6-9(13(17)18)7(2)5-10(11)12(14)16/h5-6,8,15H,4H2,1-3H3,(H2,14,16)(H,17,18)/t8-/m1/s1. The summed E-state index contributed by atoms with van der Waals surface area (Å²) in [6.45, 7) is 5.59. The summed E-state index contributed by atoms with van der Waals surface area (Å²) in [4.78, 5) is 22.4. The Morgan fingerprint density at radius 3 is 2.44 bits per heavy atom. The van der Waals surface area contributed by atoms with E-state index in [2.05, 4.69) is 5.32 Å². The van der Waals surface area contributed by atoms with Crippen molar-refractivity contribution in [3.05, 3.63) is 28.8 Å². The van der Waals surface area contributed by atoms with E-state index < -0.39 is 11.9 Å². The van der Waals surface area contributed by atoms with Crippen molar-refractivity contribution in [2.75, 3.05) is 5.32 Å². The van der Waals surface area contributed by atoms with Crippen molar-refractivity contribution in [2.24, 2.45) is 5.73 Å². The molecule has 0 aliphatic rings. The van der Waals surface area contributed by atoms with Gasteiger partial charge in [-0.2, -0.15) is 0 Å². The Balaban J connectivity index is 3.30. The number of rotatable bonds is 5. The molecule has 0 aromatic heterocycles. The maximum Gasteiger partial charge on any atom is 0.336 e. The molecule has 5 heteroatoms. The third-order valence-corrected chi connectivity index (χ3v) is 2.87. The van der Waals surface area contributed by atoms with E-state index in [1.807, 2.05) is 13.8 Å². The zero-order chi connectivity index (χ0) is 13.9. The van der Waals surface area contributed by atoms with Crippen LogP contribution in [-0.2, 0) is 0 Å². The van der Waals surface area contributed by atoms with E-state index in [4.69, 9.17) is 10.8 Å². The minimum atomic E-state index is -1.02. The van der Waals surface area contributed by atoms with Gasteiger partial charge in [0.2, 0.25) is 0 Å². The Hall–Kier alpha value is -2.04. The second-order valence-electron chi connectivity index (χ2n) is 4.34. The number of carbonyl (C=O) groups is 2. The first-order chi connectivity index (χ1) is 8.36. The van der Waals surface area contributed by atoms with Gasteiger partial charge in [0.1, 0.15) is 0 Å². The van der Waals surface area contributed by atoms with Crippen molar-refractivity contribution in [2.45, 2.75) is 33.2 Å². The molecule has 1 amide bonds. The van der Waals surface area contributed by atoms with Gasteiger partial charge in [0.25, 0.3) is 5.91 Å². The van der Waals surface area contributed by atoms with Gasteiger partial charge in [0.15, 0.2) is 0 Å². The van der Waals surface area contributed by atoms with Crippen molar-refractivity contribution in [3.63, 3.8) is 0 Å². The van der Waals surface area contributed by atoms with Gasteiger partial charge >= 0.3 is 5.97 Å². The molecule has 0 aliphatic carbocycles. The number of primary amides is 1. The zero-order valence-corrected chi connectivity index (χ0v) is 10.8. The predicted molar refractivity (Wildman–Crippen MR) is 70.0 cm³/mol. The minimum Gasteiger partial charge on any atom is -0.478 e. The number of carboxylic acid groups (broad SMARTS) is 1. The number of hydrogen-bond donors (Lipinski definition) is 3. The zero-order valence-electron chi connectivity index (χ0n) is 10.8. The molecule has 0 aliphatic heterocycles. The highest BCUT2D eigenvalue weighted by molar-refractivity contribution is 6.01. The van der Waals surface area contributed by atoms with Crippen molar-refractivity contribution in [1.29, 1.82) is 0 Å². The highest BCUT2D eigenvalue weighted by Crippen LogP contribution is 2.22. The Morgan fingerprint density at radius 2 is 2.00 bits per heavy atom. The number of aromatic carboxylic acids is 1. The molecular weight excluding hydrogens is 232 g/mol. The van der Waals surface area contributed by atoms with Crippen LogP contribution in [0.5, 0.6) is 0 Å². The summed E-state index contributed by atoms with van der Waals surface area (Å²) in [5, 5.41) is 12.2. The molecule has 0 unspecified atom stereocenters. The third kappa shape index (κ3) is 3.00. The number of aryl methyl sites for hydroxylation is 1.